The van der Waals surface area contributed by atoms with Gasteiger partial charge in [0.25, 0.3) is 5.76 Å². The zero-order valence-electron chi connectivity index (χ0n) is 8.96. The van der Waals surface area contributed by atoms with Gasteiger partial charge in [-0.05, 0) is 6.04 Å². The third-order valence-corrected chi connectivity index (χ3v) is 2.26. The standard InChI is InChI=1S/C8H16O5Si/c1-5-14-13-7(9)6(10-2)8(11-3)12-4/h5,14H2,1-4H3. The van der Waals surface area contributed by atoms with Gasteiger partial charge in [0, 0.05) is 0 Å². The summed E-state index contributed by atoms with van der Waals surface area (Å²) in [7, 11) is 3.35. The van der Waals surface area contributed by atoms with Crippen LogP contribution in [0.1, 0.15) is 6.92 Å². The van der Waals surface area contributed by atoms with Crippen LogP contribution in [0.25, 0.3) is 0 Å². The second kappa shape index (κ2) is 7.25. The van der Waals surface area contributed by atoms with Crippen molar-refractivity contribution in [2.45, 2.75) is 13.0 Å². The topological polar surface area (TPSA) is 54.0 Å². The molecule has 0 fully saturated rings. The smallest absolute Gasteiger partial charge is 0.367 e. The van der Waals surface area contributed by atoms with Gasteiger partial charge in [-0.2, -0.15) is 0 Å². The quantitative estimate of drug-likeness (QED) is 0.362. The SMILES string of the molecule is CC[SiH2]OC(=O)C(OC)=C(OC)OC. The molecule has 0 aromatic carbocycles. The van der Waals surface area contributed by atoms with E-state index in [-0.39, 0.29) is 11.7 Å². The number of hydrogen-bond acceptors (Lipinski definition) is 5. The Labute approximate surface area is 85.9 Å². The third kappa shape index (κ3) is 3.69. The molecule has 0 rings (SSSR count). The average molecular weight is 220 g/mol. The number of carbonyl (C=O) groups excluding carboxylic acids is 1. The molecule has 0 atom stereocenters. The van der Waals surface area contributed by atoms with Crippen molar-refractivity contribution in [2.75, 3.05) is 21.3 Å². The molecule has 0 heterocycles. The number of rotatable bonds is 6. The average Bonchev–Trinajstić information content (AvgIpc) is 2.22. The Morgan fingerprint density at radius 2 is 1.71 bits per heavy atom. The Hall–Kier alpha value is -1.17. The fourth-order valence-electron chi connectivity index (χ4n) is 0.779. The van der Waals surface area contributed by atoms with Gasteiger partial charge >= 0.3 is 11.9 Å². The van der Waals surface area contributed by atoms with Gasteiger partial charge in [0.15, 0.2) is 0 Å². The van der Waals surface area contributed by atoms with Crippen molar-refractivity contribution >= 4 is 15.7 Å². The van der Waals surface area contributed by atoms with E-state index in [9.17, 15) is 4.79 Å². The molecule has 0 aliphatic carbocycles. The summed E-state index contributed by atoms with van der Waals surface area (Å²) in [5, 5.41) is 0. The molecule has 0 spiro atoms. The maximum Gasteiger partial charge on any atom is 0.367 e. The Bertz CT molecular complexity index is 208. The Morgan fingerprint density at radius 3 is 2.07 bits per heavy atom. The largest absolute Gasteiger partial charge is 0.519 e. The predicted molar refractivity (Wildman–Crippen MR) is 53.2 cm³/mol. The zero-order valence-corrected chi connectivity index (χ0v) is 10.4. The Balaban J connectivity index is 4.52. The maximum atomic E-state index is 11.4. The van der Waals surface area contributed by atoms with E-state index in [1.54, 1.807) is 0 Å². The minimum absolute atomic E-state index is 0.0302. The van der Waals surface area contributed by atoms with E-state index in [2.05, 4.69) is 0 Å². The Morgan fingerprint density at radius 1 is 1.14 bits per heavy atom. The van der Waals surface area contributed by atoms with Gasteiger partial charge in [-0.3, -0.25) is 0 Å². The molecule has 0 N–H and O–H groups in total. The van der Waals surface area contributed by atoms with Crippen molar-refractivity contribution in [3.63, 3.8) is 0 Å². The summed E-state index contributed by atoms with van der Waals surface area (Å²) in [6, 6.07) is 0.887. The van der Waals surface area contributed by atoms with Gasteiger partial charge in [-0.25, -0.2) is 4.79 Å². The number of hydrogen-bond donors (Lipinski definition) is 0. The van der Waals surface area contributed by atoms with Gasteiger partial charge in [0.2, 0.25) is 9.76 Å². The van der Waals surface area contributed by atoms with Gasteiger partial charge in [-0.15, -0.1) is 0 Å². The van der Waals surface area contributed by atoms with Gasteiger partial charge in [0.1, 0.15) is 0 Å². The van der Waals surface area contributed by atoms with Crippen LogP contribution in [0.15, 0.2) is 11.7 Å². The summed E-state index contributed by atoms with van der Waals surface area (Å²) in [6.07, 6.45) is 0. The summed E-state index contributed by atoms with van der Waals surface area (Å²) < 4.78 is 19.4. The monoisotopic (exact) mass is 220 g/mol. The van der Waals surface area contributed by atoms with E-state index < -0.39 is 15.7 Å². The van der Waals surface area contributed by atoms with Crippen LogP contribution in [-0.4, -0.2) is 37.1 Å². The highest BCUT2D eigenvalue weighted by Gasteiger charge is 2.19. The lowest BCUT2D eigenvalue weighted by Gasteiger charge is -2.10. The molecule has 0 aliphatic rings. The Kier molecular flexibility index (Phi) is 6.64. The van der Waals surface area contributed by atoms with Crippen LogP contribution in [-0.2, 0) is 23.4 Å². The number of carbonyl (C=O) groups is 1. The lowest BCUT2D eigenvalue weighted by Crippen LogP contribution is -2.15. The first-order valence-corrected chi connectivity index (χ1v) is 5.82. The maximum absolute atomic E-state index is 11.4. The first-order valence-electron chi connectivity index (χ1n) is 4.24. The van der Waals surface area contributed by atoms with E-state index >= 15 is 0 Å². The lowest BCUT2D eigenvalue weighted by molar-refractivity contribution is -0.134. The van der Waals surface area contributed by atoms with Gasteiger partial charge in [-0.1, -0.05) is 6.92 Å². The second-order valence-electron chi connectivity index (χ2n) is 2.36. The van der Waals surface area contributed by atoms with E-state index in [1.165, 1.54) is 21.3 Å². The van der Waals surface area contributed by atoms with Gasteiger partial charge in [0.05, 0.1) is 21.3 Å². The molecule has 5 nitrogen and oxygen atoms in total. The molecule has 0 unspecified atom stereocenters. The molecule has 82 valence electrons. The summed E-state index contributed by atoms with van der Waals surface area (Å²) >= 11 is 0. The summed E-state index contributed by atoms with van der Waals surface area (Å²) in [5.41, 5.74) is 0. The molecule has 0 amide bonds. The minimum Gasteiger partial charge on any atom is -0.519 e. The van der Waals surface area contributed by atoms with Crippen LogP contribution in [0.4, 0.5) is 0 Å². The molecule has 0 saturated heterocycles. The second-order valence-corrected chi connectivity index (χ2v) is 4.06. The summed E-state index contributed by atoms with van der Waals surface area (Å²) in [6.45, 7) is 1.96. The van der Waals surface area contributed by atoms with E-state index in [0.717, 1.165) is 6.04 Å². The molecule has 0 radical (unpaired) electrons. The van der Waals surface area contributed by atoms with Crippen molar-refractivity contribution in [3.8, 4) is 0 Å². The van der Waals surface area contributed by atoms with E-state index in [0.29, 0.717) is 0 Å². The molecular weight excluding hydrogens is 204 g/mol. The highest BCUT2D eigenvalue weighted by Crippen LogP contribution is 2.08. The molecule has 0 saturated carbocycles. The van der Waals surface area contributed by atoms with Crippen molar-refractivity contribution in [2.24, 2.45) is 0 Å². The van der Waals surface area contributed by atoms with Gasteiger partial charge < -0.3 is 18.6 Å². The summed E-state index contributed by atoms with van der Waals surface area (Å²) in [4.78, 5) is 11.4. The molecule has 6 heteroatoms. The van der Waals surface area contributed by atoms with Crippen LogP contribution in [0, 0.1) is 0 Å². The molecule has 0 aliphatic heterocycles. The minimum atomic E-state index is -0.800. The molecule has 0 aromatic heterocycles. The first-order chi connectivity index (χ1) is 6.71. The zero-order chi connectivity index (χ0) is 11.0. The lowest BCUT2D eigenvalue weighted by atomic mass is 10.5. The fraction of sp³-hybridized carbons (Fsp3) is 0.625. The molecular formula is C8H16O5Si. The van der Waals surface area contributed by atoms with Crippen LogP contribution in [0.5, 0.6) is 0 Å². The van der Waals surface area contributed by atoms with Crippen LogP contribution in [0.3, 0.4) is 0 Å². The fourth-order valence-corrected chi connectivity index (χ4v) is 1.30. The van der Waals surface area contributed by atoms with Crippen molar-refractivity contribution in [1.29, 1.82) is 0 Å². The highest BCUT2D eigenvalue weighted by atomic mass is 28.2. The normalized spacial score (nSPS) is 9.71. The van der Waals surface area contributed by atoms with Crippen LogP contribution >= 0.6 is 0 Å². The molecule has 14 heavy (non-hydrogen) atoms. The van der Waals surface area contributed by atoms with Crippen molar-refractivity contribution < 1.29 is 23.4 Å². The van der Waals surface area contributed by atoms with Crippen LogP contribution in [0.2, 0.25) is 6.04 Å². The van der Waals surface area contributed by atoms with E-state index in [1.807, 2.05) is 6.92 Å². The number of ether oxygens (including phenoxy) is 3. The first kappa shape index (κ1) is 12.8. The highest BCUT2D eigenvalue weighted by molar-refractivity contribution is 6.31. The van der Waals surface area contributed by atoms with Crippen molar-refractivity contribution in [3.05, 3.63) is 11.7 Å². The van der Waals surface area contributed by atoms with Crippen molar-refractivity contribution in [1.82, 2.24) is 0 Å². The third-order valence-electron chi connectivity index (χ3n) is 1.38. The summed E-state index contributed by atoms with van der Waals surface area (Å²) in [5.74, 6) is -0.529. The number of methoxy groups -OCH3 is 3. The molecule has 0 aromatic rings. The van der Waals surface area contributed by atoms with E-state index in [4.69, 9.17) is 18.6 Å². The molecule has 0 bridgehead atoms. The van der Waals surface area contributed by atoms with Crippen LogP contribution < -0.4 is 0 Å². The predicted octanol–water partition coefficient (Wildman–Crippen LogP) is 0.160.